The van der Waals surface area contributed by atoms with Crippen LogP contribution in [0.25, 0.3) is 4.96 Å². The molecule has 5 nitrogen and oxygen atoms in total. The van der Waals surface area contributed by atoms with E-state index in [1.807, 2.05) is 0 Å². The van der Waals surface area contributed by atoms with Crippen molar-refractivity contribution in [3.8, 4) is 0 Å². The molecule has 2 aromatic heterocycles. The van der Waals surface area contributed by atoms with Gasteiger partial charge in [-0.15, -0.1) is 0 Å². The van der Waals surface area contributed by atoms with E-state index in [2.05, 4.69) is 9.72 Å². The molecule has 0 radical (unpaired) electrons. The number of halogens is 1. The van der Waals surface area contributed by atoms with Crippen molar-refractivity contribution < 1.29 is 9.53 Å². The number of methoxy groups -OCH3 is 1. The summed E-state index contributed by atoms with van der Waals surface area (Å²) in [6.07, 6.45) is 1.38. The van der Waals surface area contributed by atoms with Gasteiger partial charge in [0.05, 0.1) is 12.8 Å². The average Bonchev–Trinajstić information content (AvgIpc) is 2.69. The van der Waals surface area contributed by atoms with Gasteiger partial charge in [-0.3, -0.25) is 9.20 Å². The summed E-state index contributed by atoms with van der Waals surface area (Å²) in [4.78, 5) is 27.8. The van der Waals surface area contributed by atoms with Gasteiger partial charge in [-0.05, 0) is 6.92 Å². The fourth-order valence-electron chi connectivity index (χ4n) is 1.22. The lowest BCUT2D eigenvalue weighted by Crippen LogP contribution is -2.14. The van der Waals surface area contributed by atoms with Crippen LogP contribution in [0, 0.1) is 6.92 Å². The summed E-state index contributed by atoms with van der Waals surface area (Å²) >= 11 is 6.86. The lowest BCUT2D eigenvalue weighted by atomic mass is 10.4. The largest absolute Gasteiger partial charge is 0.465 e. The Morgan fingerprint density at radius 3 is 2.94 bits per heavy atom. The average molecular weight is 259 g/mol. The Hall–Kier alpha value is -1.40. The molecule has 0 aliphatic rings. The van der Waals surface area contributed by atoms with Crippen LogP contribution in [0.2, 0.25) is 5.02 Å². The number of hydrogen-bond acceptors (Lipinski definition) is 5. The summed E-state index contributed by atoms with van der Waals surface area (Å²) in [5.41, 5.74) is 0.0699. The van der Waals surface area contributed by atoms with Crippen molar-refractivity contribution >= 4 is 33.9 Å². The Bertz CT molecular complexity index is 631. The van der Waals surface area contributed by atoms with Crippen LogP contribution in [0.15, 0.2) is 11.0 Å². The first kappa shape index (κ1) is 11.1. The number of fused-ring (bicyclic) bond motifs is 1. The fraction of sp³-hybridized carbons (Fsp3) is 0.222. The molecular formula is C9H7ClN2O3S. The molecule has 0 atom stereocenters. The van der Waals surface area contributed by atoms with Gasteiger partial charge in [-0.2, -0.15) is 0 Å². The Morgan fingerprint density at radius 2 is 2.31 bits per heavy atom. The molecule has 2 heterocycles. The van der Waals surface area contributed by atoms with Crippen LogP contribution in [-0.4, -0.2) is 22.5 Å². The molecule has 16 heavy (non-hydrogen) atoms. The van der Waals surface area contributed by atoms with E-state index in [1.54, 1.807) is 6.92 Å². The SMILES string of the molecule is COC(=O)c1cn2c(=O)c(Cl)c(C)nc2s1. The molecule has 0 aliphatic carbocycles. The van der Waals surface area contributed by atoms with Crippen molar-refractivity contribution in [2.75, 3.05) is 7.11 Å². The second-order valence-corrected chi connectivity index (χ2v) is 4.44. The molecule has 0 amide bonds. The number of thiazole rings is 1. The maximum absolute atomic E-state index is 11.7. The van der Waals surface area contributed by atoms with Crippen molar-refractivity contribution in [3.05, 3.63) is 32.1 Å². The molecule has 0 saturated heterocycles. The highest BCUT2D eigenvalue weighted by Crippen LogP contribution is 2.18. The zero-order valence-electron chi connectivity index (χ0n) is 8.48. The first-order valence-electron chi connectivity index (χ1n) is 4.31. The van der Waals surface area contributed by atoms with E-state index >= 15 is 0 Å². The quantitative estimate of drug-likeness (QED) is 0.728. The van der Waals surface area contributed by atoms with Gasteiger partial charge in [-0.1, -0.05) is 22.9 Å². The van der Waals surface area contributed by atoms with Crippen LogP contribution < -0.4 is 5.56 Å². The lowest BCUT2D eigenvalue weighted by molar-refractivity contribution is 0.0606. The van der Waals surface area contributed by atoms with E-state index in [9.17, 15) is 9.59 Å². The lowest BCUT2D eigenvalue weighted by Gasteiger charge is -1.95. The van der Waals surface area contributed by atoms with Gasteiger partial charge in [0.25, 0.3) is 5.56 Å². The Morgan fingerprint density at radius 1 is 1.62 bits per heavy atom. The van der Waals surface area contributed by atoms with Crippen molar-refractivity contribution in [2.45, 2.75) is 6.92 Å². The molecule has 7 heteroatoms. The molecule has 0 unspecified atom stereocenters. The van der Waals surface area contributed by atoms with Crippen LogP contribution >= 0.6 is 22.9 Å². The number of carbonyl (C=O) groups excluding carboxylic acids is 1. The first-order valence-corrected chi connectivity index (χ1v) is 5.50. The van der Waals surface area contributed by atoms with Crippen LogP contribution in [0.4, 0.5) is 0 Å². The highest BCUT2D eigenvalue weighted by Gasteiger charge is 2.14. The topological polar surface area (TPSA) is 60.7 Å². The van der Waals surface area contributed by atoms with Gasteiger partial charge in [-0.25, -0.2) is 9.78 Å². The van der Waals surface area contributed by atoms with Gasteiger partial charge in [0.1, 0.15) is 9.90 Å². The molecule has 0 spiro atoms. The van der Waals surface area contributed by atoms with Crippen molar-refractivity contribution in [2.24, 2.45) is 0 Å². The summed E-state index contributed by atoms with van der Waals surface area (Å²) in [6, 6.07) is 0. The zero-order chi connectivity index (χ0) is 11.9. The summed E-state index contributed by atoms with van der Waals surface area (Å²) in [5.74, 6) is -0.497. The monoisotopic (exact) mass is 258 g/mol. The highest BCUT2D eigenvalue weighted by atomic mass is 35.5. The van der Waals surface area contributed by atoms with Crippen LogP contribution in [0.5, 0.6) is 0 Å². The van der Waals surface area contributed by atoms with Gasteiger partial charge in [0, 0.05) is 6.20 Å². The maximum Gasteiger partial charge on any atom is 0.349 e. The van der Waals surface area contributed by atoms with Crippen molar-refractivity contribution in [1.29, 1.82) is 0 Å². The van der Waals surface area contributed by atoms with Crippen molar-refractivity contribution in [1.82, 2.24) is 9.38 Å². The second kappa shape index (κ2) is 3.88. The third kappa shape index (κ3) is 1.60. The first-order chi connectivity index (χ1) is 7.54. The molecule has 2 rings (SSSR count). The van der Waals surface area contributed by atoms with Gasteiger partial charge >= 0.3 is 5.97 Å². The fourth-order valence-corrected chi connectivity index (χ4v) is 2.29. The molecule has 0 bridgehead atoms. The summed E-state index contributed by atoms with van der Waals surface area (Å²) < 4.78 is 5.80. The zero-order valence-corrected chi connectivity index (χ0v) is 10.1. The van der Waals surface area contributed by atoms with Crippen LogP contribution in [-0.2, 0) is 4.74 Å². The highest BCUT2D eigenvalue weighted by molar-refractivity contribution is 7.18. The second-order valence-electron chi connectivity index (χ2n) is 3.06. The predicted molar refractivity (Wildman–Crippen MR) is 60.4 cm³/mol. The minimum Gasteiger partial charge on any atom is -0.465 e. The van der Waals surface area contributed by atoms with E-state index in [-0.39, 0.29) is 10.6 Å². The van der Waals surface area contributed by atoms with Gasteiger partial charge in [0.15, 0.2) is 4.96 Å². The number of aryl methyl sites for hydroxylation is 1. The van der Waals surface area contributed by atoms with Gasteiger partial charge in [0.2, 0.25) is 0 Å². The normalized spacial score (nSPS) is 10.7. The maximum atomic E-state index is 11.7. The molecule has 0 saturated carbocycles. The Kier molecular flexibility index (Phi) is 2.69. The van der Waals surface area contributed by atoms with Gasteiger partial charge < -0.3 is 4.74 Å². The number of ether oxygens (including phenoxy) is 1. The van der Waals surface area contributed by atoms with Crippen LogP contribution in [0.3, 0.4) is 0 Å². The number of nitrogens with zero attached hydrogens (tertiary/aromatic N) is 2. The molecule has 84 valence electrons. The van der Waals surface area contributed by atoms with Crippen molar-refractivity contribution in [3.63, 3.8) is 0 Å². The third-order valence-corrected chi connectivity index (χ3v) is 3.43. The standard InChI is InChI=1S/C9H7ClN2O3S/c1-4-6(10)7(13)12-3-5(8(14)15-2)16-9(12)11-4/h3H,1-2H3. The molecule has 0 aliphatic heterocycles. The molecule has 2 aromatic rings. The molecule has 0 fully saturated rings. The molecule has 0 aromatic carbocycles. The Balaban J connectivity index is 2.76. The van der Waals surface area contributed by atoms with E-state index in [4.69, 9.17) is 11.6 Å². The minimum atomic E-state index is -0.497. The summed E-state index contributed by atoms with van der Waals surface area (Å²) in [5, 5.41) is 0.0618. The van der Waals surface area contributed by atoms with E-state index < -0.39 is 5.97 Å². The van der Waals surface area contributed by atoms with E-state index in [1.165, 1.54) is 17.7 Å². The predicted octanol–water partition coefficient (Wildman–Crippen LogP) is 1.50. The smallest absolute Gasteiger partial charge is 0.349 e. The minimum absolute atomic E-state index is 0.0618. The molecular weight excluding hydrogens is 252 g/mol. The van der Waals surface area contributed by atoms with E-state index in [0.717, 1.165) is 11.3 Å². The van der Waals surface area contributed by atoms with E-state index in [0.29, 0.717) is 15.5 Å². The summed E-state index contributed by atoms with van der Waals surface area (Å²) in [6.45, 7) is 1.64. The Labute approximate surface area is 99.3 Å². The third-order valence-electron chi connectivity index (χ3n) is 2.03. The number of rotatable bonds is 1. The van der Waals surface area contributed by atoms with Crippen LogP contribution in [0.1, 0.15) is 15.4 Å². The molecule has 0 N–H and O–H groups in total. The summed E-state index contributed by atoms with van der Waals surface area (Å²) in [7, 11) is 1.28. The number of esters is 1. The number of hydrogen-bond donors (Lipinski definition) is 0. The number of carbonyl (C=O) groups is 1. The number of aromatic nitrogens is 2.